The molecule has 1 aromatic rings. The highest BCUT2D eigenvalue weighted by atomic mass is 16.5. The minimum absolute atomic E-state index is 0.0904. The number of hydrogen-bond donors (Lipinski definition) is 1. The first kappa shape index (κ1) is 20.3. The normalized spacial score (nSPS) is 20.0. The fourth-order valence-electron chi connectivity index (χ4n) is 4.10. The Morgan fingerprint density at radius 2 is 1.57 bits per heavy atom. The van der Waals surface area contributed by atoms with Gasteiger partial charge in [0.15, 0.2) is 11.5 Å². The van der Waals surface area contributed by atoms with Crippen molar-refractivity contribution in [2.24, 2.45) is 11.3 Å². The number of nitrogens with zero attached hydrogens (tertiary/aromatic N) is 1. The van der Waals surface area contributed by atoms with Crippen LogP contribution in [0.25, 0.3) is 0 Å². The summed E-state index contributed by atoms with van der Waals surface area (Å²) in [7, 11) is 0. The van der Waals surface area contributed by atoms with Crippen molar-refractivity contribution in [3.05, 3.63) is 17.7 Å². The number of carboxylic acids is 1. The number of carboxylic acid groups (broad SMARTS) is 1. The van der Waals surface area contributed by atoms with Gasteiger partial charge in [0.1, 0.15) is 0 Å². The van der Waals surface area contributed by atoms with Crippen molar-refractivity contribution in [1.82, 2.24) is 4.90 Å². The van der Waals surface area contributed by atoms with Gasteiger partial charge in [-0.1, -0.05) is 0 Å². The number of ether oxygens (including phenoxy) is 3. The zero-order chi connectivity index (χ0) is 20.3. The van der Waals surface area contributed by atoms with Crippen LogP contribution >= 0.6 is 0 Å². The average Bonchev–Trinajstić information content (AvgIpc) is 3.38. The van der Waals surface area contributed by atoms with Gasteiger partial charge in [-0.2, -0.15) is 0 Å². The van der Waals surface area contributed by atoms with Gasteiger partial charge in [-0.05, 0) is 57.6 Å². The first-order chi connectivity index (χ1) is 13.5. The van der Waals surface area contributed by atoms with Crippen molar-refractivity contribution in [3.63, 3.8) is 0 Å². The van der Waals surface area contributed by atoms with Crippen LogP contribution < -0.4 is 14.2 Å². The van der Waals surface area contributed by atoms with Crippen molar-refractivity contribution < 1.29 is 28.9 Å². The van der Waals surface area contributed by atoms with E-state index in [1.54, 1.807) is 17.0 Å². The Morgan fingerprint density at radius 3 is 2.00 bits per heavy atom. The molecule has 28 heavy (non-hydrogen) atoms. The first-order valence-corrected chi connectivity index (χ1v) is 10.0. The van der Waals surface area contributed by atoms with E-state index in [0.29, 0.717) is 55.7 Å². The molecule has 1 aromatic carbocycles. The Bertz CT molecular complexity index is 711. The molecule has 1 saturated heterocycles. The molecule has 0 radical (unpaired) electrons. The number of piperidine rings is 1. The zero-order valence-electron chi connectivity index (χ0n) is 16.8. The van der Waals surface area contributed by atoms with Crippen LogP contribution in [0.15, 0.2) is 12.1 Å². The van der Waals surface area contributed by atoms with Gasteiger partial charge in [0, 0.05) is 18.7 Å². The summed E-state index contributed by atoms with van der Waals surface area (Å²) in [5.41, 5.74) is 0.394. The smallest absolute Gasteiger partial charge is 0.307 e. The van der Waals surface area contributed by atoms with Gasteiger partial charge >= 0.3 is 5.97 Å². The number of benzene rings is 1. The summed E-state index contributed by atoms with van der Waals surface area (Å²) in [5.74, 6) is 0.467. The highest BCUT2D eigenvalue weighted by Crippen LogP contribution is 2.59. The van der Waals surface area contributed by atoms with Gasteiger partial charge in [-0.25, -0.2) is 0 Å². The maximum absolute atomic E-state index is 13.1. The van der Waals surface area contributed by atoms with Crippen LogP contribution in [0.2, 0.25) is 0 Å². The molecule has 1 aliphatic carbocycles. The van der Waals surface area contributed by atoms with Crippen molar-refractivity contribution in [2.45, 2.75) is 40.0 Å². The molecule has 1 aliphatic heterocycles. The van der Waals surface area contributed by atoms with Crippen LogP contribution in [0.3, 0.4) is 0 Å². The Hall–Kier alpha value is -2.44. The number of carbonyl (C=O) groups excluding carboxylic acids is 1. The average molecular weight is 391 g/mol. The number of aliphatic carboxylic acids is 1. The summed E-state index contributed by atoms with van der Waals surface area (Å²) >= 11 is 0. The number of rotatable bonds is 8. The minimum atomic E-state index is -0.714. The number of hydrogen-bond acceptors (Lipinski definition) is 5. The predicted molar refractivity (Wildman–Crippen MR) is 103 cm³/mol. The third kappa shape index (κ3) is 3.88. The van der Waals surface area contributed by atoms with E-state index in [-0.39, 0.29) is 17.2 Å². The molecule has 1 N–H and O–H groups in total. The predicted octanol–water partition coefficient (Wildman–Crippen LogP) is 3.21. The van der Waals surface area contributed by atoms with Gasteiger partial charge in [-0.3, -0.25) is 9.59 Å². The standard InChI is InChI=1S/C21H29NO6/c1-4-26-16-11-14(12-17(27-5-2)18(16)28-6-3)19(23)22-9-7-21(8-10-22)13-15(21)20(24)25/h11-12,15H,4-10,13H2,1-3H3,(H,24,25). The summed E-state index contributed by atoms with van der Waals surface area (Å²) in [6, 6.07) is 3.42. The maximum atomic E-state index is 13.1. The minimum Gasteiger partial charge on any atom is -0.490 e. The van der Waals surface area contributed by atoms with Crippen LogP contribution in [0, 0.1) is 11.3 Å². The van der Waals surface area contributed by atoms with Crippen LogP contribution in [-0.2, 0) is 4.79 Å². The lowest BCUT2D eigenvalue weighted by Crippen LogP contribution is -2.40. The van der Waals surface area contributed by atoms with E-state index in [2.05, 4.69) is 0 Å². The van der Waals surface area contributed by atoms with E-state index in [1.807, 2.05) is 20.8 Å². The lowest BCUT2D eigenvalue weighted by Gasteiger charge is -2.33. The van der Waals surface area contributed by atoms with Crippen molar-refractivity contribution >= 4 is 11.9 Å². The van der Waals surface area contributed by atoms with E-state index < -0.39 is 5.97 Å². The Morgan fingerprint density at radius 1 is 1.04 bits per heavy atom. The van der Waals surface area contributed by atoms with Gasteiger partial charge < -0.3 is 24.2 Å². The fourth-order valence-corrected chi connectivity index (χ4v) is 4.10. The van der Waals surface area contributed by atoms with E-state index >= 15 is 0 Å². The number of carbonyl (C=O) groups is 2. The van der Waals surface area contributed by atoms with E-state index in [4.69, 9.17) is 14.2 Å². The van der Waals surface area contributed by atoms with Gasteiger partial charge in [0.2, 0.25) is 5.75 Å². The molecule has 7 nitrogen and oxygen atoms in total. The molecule has 7 heteroatoms. The molecule has 2 aliphatic rings. The number of likely N-dealkylation sites (tertiary alicyclic amines) is 1. The molecular weight excluding hydrogens is 362 g/mol. The van der Waals surface area contributed by atoms with E-state index in [9.17, 15) is 14.7 Å². The largest absolute Gasteiger partial charge is 0.490 e. The third-order valence-electron chi connectivity index (χ3n) is 5.69. The molecule has 1 heterocycles. The Labute approximate surface area is 165 Å². The van der Waals surface area contributed by atoms with Crippen molar-refractivity contribution in [1.29, 1.82) is 0 Å². The molecule has 2 fully saturated rings. The molecule has 1 spiro atoms. The zero-order valence-corrected chi connectivity index (χ0v) is 16.8. The number of amides is 1. The summed E-state index contributed by atoms with van der Waals surface area (Å²) in [4.78, 5) is 26.1. The monoisotopic (exact) mass is 391 g/mol. The summed E-state index contributed by atoms with van der Waals surface area (Å²) in [6.07, 6.45) is 2.21. The van der Waals surface area contributed by atoms with Crippen molar-refractivity contribution in [2.75, 3.05) is 32.9 Å². The van der Waals surface area contributed by atoms with Gasteiger partial charge in [-0.15, -0.1) is 0 Å². The summed E-state index contributed by atoms with van der Waals surface area (Å²) < 4.78 is 17.1. The Kier molecular flexibility index (Phi) is 6.01. The summed E-state index contributed by atoms with van der Waals surface area (Å²) in [6.45, 7) is 8.15. The van der Waals surface area contributed by atoms with Crippen LogP contribution in [0.5, 0.6) is 17.2 Å². The fraction of sp³-hybridized carbons (Fsp3) is 0.619. The highest BCUT2D eigenvalue weighted by Gasteiger charge is 2.59. The van der Waals surface area contributed by atoms with Crippen LogP contribution in [0.4, 0.5) is 0 Å². The third-order valence-corrected chi connectivity index (χ3v) is 5.69. The SMILES string of the molecule is CCOc1cc(C(=O)N2CCC3(CC2)CC3C(=O)O)cc(OCC)c1OCC. The highest BCUT2D eigenvalue weighted by molar-refractivity contribution is 5.95. The van der Waals surface area contributed by atoms with Gasteiger partial charge in [0.05, 0.1) is 25.7 Å². The van der Waals surface area contributed by atoms with Crippen LogP contribution in [0.1, 0.15) is 50.4 Å². The van der Waals surface area contributed by atoms with E-state index in [0.717, 1.165) is 19.3 Å². The second-order valence-corrected chi connectivity index (χ2v) is 7.35. The molecule has 0 aromatic heterocycles. The quantitative estimate of drug-likeness (QED) is 0.732. The maximum Gasteiger partial charge on any atom is 0.307 e. The molecule has 3 rings (SSSR count). The second kappa shape index (κ2) is 8.29. The van der Waals surface area contributed by atoms with Crippen molar-refractivity contribution in [3.8, 4) is 17.2 Å². The summed E-state index contributed by atoms with van der Waals surface area (Å²) in [5, 5.41) is 9.24. The Balaban J connectivity index is 1.78. The molecule has 0 bridgehead atoms. The lowest BCUT2D eigenvalue weighted by atomic mass is 9.90. The van der Waals surface area contributed by atoms with E-state index in [1.165, 1.54) is 0 Å². The molecule has 1 saturated carbocycles. The molecule has 1 unspecified atom stereocenters. The molecular formula is C21H29NO6. The van der Waals surface area contributed by atoms with Crippen LogP contribution in [-0.4, -0.2) is 54.8 Å². The van der Waals surface area contributed by atoms with Gasteiger partial charge in [0.25, 0.3) is 5.91 Å². The first-order valence-electron chi connectivity index (χ1n) is 10.0. The molecule has 154 valence electrons. The topological polar surface area (TPSA) is 85.3 Å². The lowest BCUT2D eigenvalue weighted by molar-refractivity contribution is -0.139. The molecule has 1 atom stereocenters. The second-order valence-electron chi connectivity index (χ2n) is 7.35. The molecule has 1 amide bonds.